The number of halogens is 1. The molecule has 0 bridgehead atoms. The molecule has 2 nitrogen and oxygen atoms in total. The monoisotopic (exact) mass is 230 g/mol. The molecule has 0 fully saturated rings. The predicted molar refractivity (Wildman–Crippen MR) is 54.7 cm³/mol. The predicted octanol–water partition coefficient (Wildman–Crippen LogP) is 2.79. The lowest BCUT2D eigenvalue weighted by molar-refractivity contribution is 0.508. The minimum Gasteiger partial charge on any atom is -0.267 e. The van der Waals surface area contributed by atoms with Crippen molar-refractivity contribution in [1.82, 2.24) is 9.78 Å². The summed E-state index contributed by atoms with van der Waals surface area (Å²) in [5.41, 5.74) is 1.30. The van der Waals surface area contributed by atoms with E-state index in [0.717, 1.165) is 6.42 Å². The molecule has 1 aromatic rings. The van der Waals surface area contributed by atoms with Gasteiger partial charge in [0.25, 0.3) is 0 Å². The zero-order valence-electron chi connectivity index (χ0n) is 7.79. The fourth-order valence-electron chi connectivity index (χ4n) is 1.26. The highest BCUT2D eigenvalue weighted by atomic mass is 79.9. The summed E-state index contributed by atoms with van der Waals surface area (Å²) in [7, 11) is 0. The summed E-state index contributed by atoms with van der Waals surface area (Å²) in [5, 5.41) is 4.26. The van der Waals surface area contributed by atoms with E-state index in [1.165, 1.54) is 5.69 Å². The number of alkyl halides is 1. The highest BCUT2D eigenvalue weighted by Crippen LogP contribution is 2.12. The average molecular weight is 231 g/mol. The minimum absolute atomic E-state index is 0.459. The molecule has 0 aromatic carbocycles. The van der Waals surface area contributed by atoms with Crippen molar-refractivity contribution in [3.05, 3.63) is 18.0 Å². The summed E-state index contributed by atoms with van der Waals surface area (Å²) < 4.78 is 2.07. The van der Waals surface area contributed by atoms with Crippen molar-refractivity contribution >= 4 is 15.9 Å². The molecule has 1 unspecified atom stereocenters. The van der Waals surface area contributed by atoms with E-state index in [4.69, 9.17) is 0 Å². The molecule has 0 saturated carbocycles. The average Bonchev–Trinajstić information content (AvgIpc) is 2.33. The molecular formula is C9H15BrN2. The summed E-state index contributed by atoms with van der Waals surface area (Å²) in [6.07, 6.45) is 2.91. The fourth-order valence-corrected chi connectivity index (χ4v) is 1.59. The molecule has 0 aliphatic carbocycles. The quantitative estimate of drug-likeness (QED) is 0.731. The Bertz CT molecular complexity index is 240. The van der Waals surface area contributed by atoms with Crippen LogP contribution in [-0.4, -0.2) is 14.6 Å². The fraction of sp³-hybridized carbons (Fsp3) is 0.667. The van der Waals surface area contributed by atoms with Gasteiger partial charge in [-0.05, 0) is 19.9 Å². The van der Waals surface area contributed by atoms with E-state index in [0.29, 0.717) is 10.9 Å². The molecule has 0 radical (unpaired) electrons. The summed E-state index contributed by atoms with van der Waals surface area (Å²) in [4.78, 5) is 0.520. The summed E-state index contributed by atoms with van der Waals surface area (Å²) >= 11 is 3.54. The van der Waals surface area contributed by atoms with Crippen LogP contribution in [0.1, 0.15) is 32.5 Å². The van der Waals surface area contributed by atoms with E-state index in [2.05, 4.69) is 52.5 Å². The zero-order chi connectivity index (χ0) is 9.14. The van der Waals surface area contributed by atoms with Crippen LogP contribution in [-0.2, 0) is 6.42 Å². The molecule has 1 rings (SSSR count). The van der Waals surface area contributed by atoms with Crippen molar-refractivity contribution in [3.63, 3.8) is 0 Å². The van der Waals surface area contributed by atoms with Crippen LogP contribution in [0, 0.1) is 0 Å². The lowest BCUT2D eigenvalue weighted by Crippen LogP contribution is -2.10. The highest BCUT2D eigenvalue weighted by molar-refractivity contribution is 9.09. The van der Waals surface area contributed by atoms with Gasteiger partial charge in [0, 0.05) is 29.2 Å². The first-order valence-electron chi connectivity index (χ1n) is 4.27. The van der Waals surface area contributed by atoms with Crippen molar-refractivity contribution in [1.29, 1.82) is 0 Å². The Morgan fingerprint density at radius 1 is 1.50 bits per heavy atom. The topological polar surface area (TPSA) is 17.8 Å². The number of hydrogen-bond acceptors (Lipinski definition) is 1. The van der Waals surface area contributed by atoms with Gasteiger partial charge in [-0.1, -0.05) is 22.9 Å². The second-order valence-corrected chi connectivity index (χ2v) is 4.91. The van der Waals surface area contributed by atoms with Crippen molar-refractivity contribution in [2.75, 3.05) is 0 Å². The van der Waals surface area contributed by atoms with Crippen molar-refractivity contribution in [3.8, 4) is 0 Å². The smallest absolute Gasteiger partial charge is 0.0492 e. The first-order chi connectivity index (χ1) is 5.61. The summed E-state index contributed by atoms with van der Waals surface area (Å²) in [5.74, 6) is 0. The largest absolute Gasteiger partial charge is 0.267 e. The van der Waals surface area contributed by atoms with Gasteiger partial charge in [0.05, 0.1) is 0 Å². The maximum atomic E-state index is 4.26. The Hall–Kier alpha value is -0.310. The van der Waals surface area contributed by atoms with Crippen molar-refractivity contribution in [2.45, 2.75) is 38.1 Å². The molecule has 3 heteroatoms. The Morgan fingerprint density at radius 2 is 2.17 bits per heavy atom. The molecule has 0 spiro atoms. The highest BCUT2D eigenvalue weighted by Gasteiger charge is 2.07. The molecule has 0 N–H and O–H groups in total. The second kappa shape index (κ2) is 4.08. The lowest BCUT2D eigenvalue weighted by Gasteiger charge is -2.11. The van der Waals surface area contributed by atoms with E-state index < -0.39 is 0 Å². The number of hydrogen-bond donors (Lipinski definition) is 0. The Labute approximate surface area is 82.1 Å². The number of nitrogens with zero attached hydrogens (tertiary/aromatic N) is 2. The van der Waals surface area contributed by atoms with Gasteiger partial charge in [-0.25, -0.2) is 0 Å². The van der Waals surface area contributed by atoms with Crippen LogP contribution in [0.25, 0.3) is 0 Å². The molecule has 0 aliphatic heterocycles. The first kappa shape index (κ1) is 9.78. The van der Waals surface area contributed by atoms with Crippen LogP contribution in [0.3, 0.4) is 0 Å². The molecule has 12 heavy (non-hydrogen) atoms. The lowest BCUT2D eigenvalue weighted by atomic mass is 10.2. The zero-order valence-corrected chi connectivity index (χ0v) is 9.37. The van der Waals surface area contributed by atoms with Gasteiger partial charge in [-0.3, -0.25) is 4.68 Å². The van der Waals surface area contributed by atoms with Gasteiger partial charge >= 0.3 is 0 Å². The first-order valence-corrected chi connectivity index (χ1v) is 5.19. The Morgan fingerprint density at radius 3 is 2.67 bits per heavy atom. The minimum atomic E-state index is 0.459. The van der Waals surface area contributed by atoms with Gasteiger partial charge in [0.2, 0.25) is 0 Å². The van der Waals surface area contributed by atoms with E-state index in [1.54, 1.807) is 0 Å². The molecule has 68 valence electrons. The van der Waals surface area contributed by atoms with Gasteiger partial charge < -0.3 is 0 Å². The maximum Gasteiger partial charge on any atom is 0.0492 e. The molecule has 0 saturated heterocycles. The number of aromatic nitrogens is 2. The molecule has 0 amide bonds. The summed E-state index contributed by atoms with van der Waals surface area (Å²) in [6, 6.07) is 2.54. The van der Waals surface area contributed by atoms with Crippen LogP contribution in [0.5, 0.6) is 0 Å². The Balaban J connectivity index is 2.77. The van der Waals surface area contributed by atoms with Gasteiger partial charge in [0.1, 0.15) is 0 Å². The third-order valence-electron chi connectivity index (χ3n) is 1.73. The SMILES string of the molecule is CC(Br)Cc1ccnn1C(C)C. The molecule has 1 atom stereocenters. The molecular weight excluding hydrogens is 216 g/mol. The van der Waals surface area contributed by atoms with Crippen LogP contribution < -0.4 is 0 Å². The van der Waals surface area contributed by atoms with E-state index in [9.17, 15) is 0 Å². The standard InChI is InChI=1S/C9H15BrN2/c1-7(2)12-9(4-5-11-12)6-8(3)10/h4-5,7-8H,6H2,1-3H3. The van der Waals surface area contributed by atoms with Crippen molar-refractivity contribution < 1.29 is 0 Å². The van der Waals surface area contributed by atoms with Gasteiger partial charge in [-0.2, -0.15) is 5.10 Å². The van der Waals surface area contributed by atoms with Crippen molar-refractivity contribution in [2.24, 2.45) is 0 Å². The van der Waals surface area contributed by atoms with E-state index in [-0.39, 0.29) is 0 Å². The Kier molecular flexibility index (Phi) is 3.32. The van der Waals surface area contributed by atoms with Crippen LogP contribution in [0.4, 0.5) is 0 Å². The van der Waals surface area contributed by atoms with Crippen LogP contribution in [0.2, 0.25) is 0 Å². The third-order valence-corrected chi connectivity index (χ3v) is 2.06. The van der Waals surface area contributed by atoms with Gasteiger partial charge in [-0.15, -0.1) is 0 Å². The summed E-state index contributed by atoms with van der Waals surface area (Å²) in [6.45, 7) is 6.45. The maximum absolute atomic E-state index is 4.26. The second-order valence-electron chi connectivity index (χ2n) is 3.35. The molecule has 1 heterocycles. The third kappa shape index (κ3) is 2.34. The number of rotatable bonds is 3. The molecule has 0 aliphatic rings. The van der Waals surface area contributed by atoms with E-state index >= 15 is 0 Å². The van der Waals surface area contributed by atoms with Crippen LogP contribution >= 0.6 is 15.9 Å². The van der Waals surface area contributed by atoms with Gasteiger partial charge in [0.15, 0.2) is 0 Å². The molecule has 1 aromatic heterocycles. The normalized spacial score (nSPS) is 13.8. The van der Waals surface area contributed by atoms with E-state index in [1.807, 2.05) is 6.20 Å². The van der Waals surface area contributed by atoms with Crippen LogP contribution in [0.15, 0.2) is 12.3 Å².